The molecule has 1 unspecified atom stereocenters. The van der Waals surface area contributed by atoms with Gasteiger partial charge in [0.1, 0.15) is 5.82 Å². The van der Waals surface area contributed by atoms with Gasteiger partial charge in [0.2, 0.25) is 0 Å². The van der Waals surface area contributed by atoms with Gasteiger partial charge in [0, 0.05) is 6.04 Å². The van der Waals surface area contributed by atoms with Crippen molar-refractivity contribution in [2.45, 2.75) is 60.9 Å². The molecule has 1 aromatic rings. The van der Waals surface area contributed by atoms with E-state index in [0.29, 0.717) is 17.1 Å². The zero-order chi connectivity index (χ0) is 16.6. The third kappa shape index (κ3) is 7.51. The van der Waals surface area contributed by atoms with E-state index < -0.39 is 0 Å². The molecule has 4 heteroatoms. The molecule has 0 aromatic heterocycles. The van der Waals surface area contributed by atoms with Crippen molar-refractivity contribution in [1.82, 2.24) is 0 Å². The summed E-state index contributed by atoms with van der Waals surface area (Å²) in [6.45, 7) is 14.7. The van der Waals surface area contributed by atoms with Gasteiger partial charge in [-0.05, 0) is 37.3 Å². The van der Waals surface area contributed by atoms with Gasteiger partial charge in [0.25, 0.3) is 0 Å². The minimum atomic E-state index is -0.319. The maximum Gasteiger partial charge on any atom is 0.326 e. The Morgan fingerprint density at radius 1 is 1.19 bits per heavy atom. The summed E-state index contributed by atoms with van der Waals surface area (Å²) in [5, 5.41) is 12.1. The van der Waals surface area contributed by atoms with Crippen molar-refractivity contribution in [1.29, 1.82) is 0 Å². The van der Waals surface area contributed by atoms with Gasteiger partial charge in [-0.1, -0.05) is 52.6 Å². The average Bonchev–Trinajstić information content (AvgIpc) is 2.40. The Labute approximate surface area is 130 Å². The first-order chi connectivity index (χ1) is 9.72. The summed E-state index contributed by atoms with van der Waals surface area (Å²) in [6, 6.07) is 3.31. The molecule has 2 nitrogen and oxygen atoms in total. The van der Waals surface area contributed by atoms with Crippen LogP contribution in [0.2, 0.25) is 0 Å². The number of anilines is 1. The Bertz CT molecular complexity index is 397. The summed E-state index contributed by atoms with van der Waals surface area (Å²) >= 11 is 0. The molecule has 0 aliphatic rings. The summed E-state index contributed by atoms with van der Waals surface area (Å²) in [7, 11) is 0.915. The molecule has 0 saturated heterocycles. The Hall–Kier alpha value is -1.03. The van der Waals surface area contributed by atoms with Gasteiger partial charge in [-0.2, -0.15) is 0 Å². The van der Waals surface area contributed by atoms with E-state index in [1.165, 1.54) is 6.07 Å². The van der Waals surface area contributed by atoms with Crippen LogP contribution in [-0.4, -0.2) is 18.5 Å². The van der Waals surface area contributed by atoms with E-state index in [4.69, 9.17) is 5.02 Å². The lowest BCUT2D eigenvalue weighted by molar-refractivity contribution is 0.491. The van der Waals surface area contributed by atoms with Crippen molar-refractivity contribution in [2.24, 2.45) is 11.8 Å². The lowest BCUT2D eigenvalue weighted by Crippen LogP contribution is -2.25. The van der Waals surface area contributed by atoms with E-state index in [2.05, 4.69) is 46.9 Å². The lowest BCUT2D eigenvalue weighted by Gasteiger charge is -2.23. The second-order valence-corrected chi connectivity index (χ2v) is 6.37. The van der Waals surface area contributed by atoms with Gasteiger partial charge >= 0.3 is 7.48 Å². The predicted molar refractivity (Wildman–Crippen MR) is 91.8 cm³/mol. The van der Waals surface area contributed by atoms with E-state index in [1.807, 2.05) is 6.92 Å². The molecule has 1 rings (SSSR count). The van der Waals surface area contributed by atoms with Crippen LogP contribution in [0.3, 0.4) is 0 Å². The first kappa shape index (κ1) is 20.0. The smallest absolute Gasteiger partial charge is 0.326 e. The molecule has 2 N–H and O–H groups in total. The molecule has 1 radical (unpaired) electrons. The van der Waals surface area contributed by atoms with Crippen LogP contribution in [0.4, 0.5) is 10.1 Å². The van der Waals surface area contributed by atoms with Crippen molar-refractivity contribution in [3.8, 4) is 0 Å². The molecular formula is C17H30BFNO. The van der Waals surface area contributed by atoms with E-state index in [0.717, 1.165) is 25.4 Å². The number of hydrogen-bond donors (Lipinski definition) is 2. The van der Waals surface area contributed by atoms with Crippen LogP contribution in [0.15, 0.2) is 12.1 Å². The molecule has 0 aliphatic carbocycles. The molecule has 0 bridgehead atoms. The summed E-state index contributed by atoms with van der Waals surface area (Å²) in [5.41, 5.74) is 1.82. The van der Waals surface area contributed by atoms with Gasteiger partial charge in [0.15, 0.2) is 0 Å². The van der Waals surface area contributed by atoms with E-state index in [-0.39, 0.29) is 11.9 Å². The molecular weight excluding hydrogens is 264 g/mol. The standard InChI is InChI=1S/C13H20BFNO.C4H10/c1-5-8(2)10(4)16-13-9(3)6-11(14-17)7-12(13)15;1-4(2)3/h6-8,10,16-17H,5H2,1-4H3;4H,1-3H3/t8-,10?;/m1./s1. The van der Waals surface area contributed by atoms with Gasteiger partial charge in [0.05, 0.1) is 5.69 Å². The van der Waals surface area contributed by atoms with E-state index in [1.54, 1.807) is 6.07 Å². The molecule has 0 saturated carbocycles. The Morgan fingerprint density at radius 2 is 1.71 bits per heavy atom. The Balaban J connectivity index is 0.000000885. The first-order valence-electron chi connectivity index (χ1n) is 7.76. The molecule has 0 heterocycles. The number of aryl methyl sites for hydroxylation is 1. The SMILES string of the molecule is CC(C)C.CC[C@@H](C)C(C)Nc1c(C)cc([B]O)cc1F. The monoisotopic (exact) mass is 294 g/mol. The number of hydrogen-bond acceptors (Lipinski definition) is 2. The van der Waals surface area contributed by atoms with E-state index >= 15 is 0 Å². The topological polar surface area (TPSA) is 32.3 Å². The minimum absolute atomic E-state index is 0.220. The largest absolute Gasteiger partial charge is 0.450 e. The highest BCUT2D eigenvalue weighted by Gasteiger charge is 2.14. The van der Waals surface area contributed by atoms with Crippen LogP contribution in [0, 0.1) is 24.6 Å². The van der Waals surface area contributed by atoms with Gasteiger partial charge < -0.3 is 10.3 Å². The zero-order valence-electron chi connectivity index (χ0n) is 14.5. The highest BCUT2D eigenvalue weighted by Crippen LogP contribution is 2.21. The van der Waals surface area contributed by atoms with Crippen LogP contribution in [0.25, 0.3) is 0 Å². The lowest BCUT2D eigenvalue weighted by atomic mass is 9.87. The van der Waals surface area contributed by atoms with Gasteiger partial charge in [-0.15, -0.1) is 0 Å². The van der Waals surface area contributed by atoms with Crippen molar-refractivity contribution in [3.05, 3.63) is 23.5 Å². The Morgan fingerprint density at radius 3 is 2.10 bits per heavy atom. The molecule has 119 valence electrons. The first-order valence-corrected chi connectivity index (χ1v) is 7.76. The summed E-state index contributed by atoms with van der Waals surface area (Å²) in [4.78, 5) is 0. The quantitative estimate of drug-likeness (QED) is 0.808. The van der Waals surface area contributed by atoms with E-state index in [9.17, 15) is 4.39 Å². The number of nitrogens with one attached hydrogen (secondary N) is 1. The molecule has 2 atom stereocenters. The fourth-order valence-electron chi connectivity index (χ4n) is 1.75. The molecule has 0 amide bonds. The maximum atomic E-state index is 13.8. The van der Waals surface area contributed by atoms with Crippen LogP contribution in [0.5, 0.6) is 0 Å². The second kappa shape index (κ2) is 9.83. The molecule has 0 fully saturated rings. The Kier molecular flexibility index (Phi) is 9.35. The summed E-state index contributed by atoms with van der Waals surface area (Å²) < 4.78 is 13.8. The number of benzene rings is 1. The van der Waals surface area contributed by atoms with Gasteiger partial charge in [-0.25, -0.2) is 4.39 Å². The highest BCUT2D eigenvalue weighted by molar-refractivity contribution is 6.45. The zero-order valence-corrected chi connectivity index (χ0v) is 14.5. The molecule has 0 spiro atoms. The summed E-state index contributed by atoms with van der Waals surface area (Å²) in [6.07, 6.45) is 1.05. The van der Waals surface area contributed by atoms with Gasteiger partial charge in [-0.3, -0.25) is 0 Å². The fraction of sp³-hybridized carbons (Fsp3) is 0.647. The highest BCUT2D eigenvalue weighted by atomic mass is 19.1. The third-order valence-corrected chi connectivity index (χ3v) is 3.33. The second-order valence-electron chi connectivity index (χ2n) is 6.37. The number of rotatable bonds is 5. The van der Waals surface area contributed by atoms with Crippen LogP contribution < -0.4 is 10.8 Å². The van der Waals surface area contributed by atoms with Crippen molar-refractivity contribution in [2.75, 3.05) is 5.32 Å². The van der Waals surface area contributed by atoms with Crippen molar-refractivity contribution >= 4 is 18.6 Å². The number of halogens is 1. The summed E-state index contributed by atoms with van der Waals surface area (Å²) in [5.74, 6) is 0.998. The van der Waals surface area contributed by atoms with Crippen LogP contribution >= 0.6 is 0 Å². The molecule has 21 heavy (non-hydrogen) atoms. The maximum absolute atomic E-state index is 13.8. The molecule has 0 aliphatic heterocycles. The fourth-order valence-corrected chi connectivity index (χ4v) is 1.75. The van der Waals surface area contributed by atoms with Crippen LogP contribution in [-0.2, 0) is 0 Å². The molecule has 1 aromatic carbocycles. The normalized spacial score (nSPS) is 13.2. The minimum Gasteiger partial charge on any atom is -0.450 e. The average molecular weight is 294 g/mol. The third-order valence-electron chi connectivity index (χ3n) is 3.33. The predicted octanol–water partition coefficient (Wildman–Crippen LogP) is 3.88. The van der Waals surface area contributed by atoms with Crippen molar-refractivity contribution in [3.63, 3.8) is 0 Å². The van der Waals surface area contributed by atoms with Crippen molar-refractivity contribution < 1.29 is 9.41 Å². The van der Waals surface area contributed by atoms with Crippen LogP contribution in [0.1, 0.15) is 53.5 Å².